The van der Waals surface area contributed by atoms with Gasteiger partial charge in [-0.1, -0.05) is 0 Å². The molecule has 0 aromatic carbocycles. The largest absolute Gasteiger partial charge is 0.394 e. The lowest BCUT2D eigenvalue weighted by molar-refractivity contribution is 0.186. The molecule has 0 amide bonds. The monoisotopic (exact) mass is 66.1 g/mol. The third-order valence-corrected chi connectivity index (χ3v) is 0.0833. The zero-order valence-corrected chi connectivity index (χ0v) is 2.23. The summed E-state index contributed by atoms with van der Waals surface area (Å²) in [7, 11) is 0. The Balaban J connectivity index is 2.34. The van der Waals surface area contributed by atoms with Gasteiger partial charge in [0.2, 0.25) is 2.86 Å². The zero-order chi connectivity index (χ0) is 4.83. The van der Waals surface area contributed by atoms with E-state index in [1.165, 1.54) is 0 Å². The third kappa shape index (κ3) is 1.92. The van der Waals surface area contributed by atoms with Crippen molar-refractivity contribution in [3.05, 3.63) is 0 Å². The van der Waals surface area contributed by atoms with Gasteiger partial charge in [-0.05, 0) is 0 Å². The van der Waals surface area contributed by atoms with Crippen LogP contribution in [-0.4, -0.2) is 26.3 Å². The summed E-state index contributed by atoms with van der Waals surface area (Å²) in [5.41, 5.74) is 0. The van der Waals surface area contributed by atoms with Gasteiger partial charge >= 0.3 is 0 Å². The maximum absolute atomic E-state index is 6.04. The average molecular weight is 66.1 g/mol. The van der Waals surface area contributed by atoms with E-state index in [9.17, 15) is 0 Å². The van der Waals surface area contributed by atoms with Crippen molar-refractivity contribution in [2.75, 3.05) is 13.2 Å². The molecule has 2 heteroatoms. The Kier molecular flexibility index (Phi) is 1.01. The van der Waals surface area contributed by atoms with E-state index >= 15 is 0 Å². The van der Waals surface area contributed by atoms with E-state index in [-0.39, 0.29) is 13.2 Å². The van der Waals surface area contributed by atoms with Crippen LogP contribution in [0.25, 0.3) is 0 Å². The maximum atomic E-state index is 6.04. The van der Waals surface area contributed by atoms with Crippen LogP contribution in [-0.2, 0) is 0 Å². The SMILES string of the molecule is [3H]OCCO[3H]. The first-order chi connectivity index (χ1) is 2.91. The quantitative estimate of drug-likeness (QED) is 0.413. The van der Waals surface area contributed by atoms with E-state index in [1.807, 2.05) is 0 Å². The van der Waals surface area contributed by atoms with Gasteiger partial charge in [0.05, 0.1) is 13.2 Å². The van der Waals surface area contributed by atoms with Crippen LogP contribution in [0.4, 0.5) is 0 Å². The highest BCUT2D eigenvalue weighted by atomic mass is 16.3. The van der Waals surface area contributed by atoms with Gasteiger partial charge in [-0.2, -0.15) is 0 Å². The molecule has 0 spiro atoms. The average Bonchev–Trinajstić information content (AvgIpc) is 1.61. The van der Waals surface area contributed by atoms with Gasteiger partial charge in [0, 0.05) is 0 Å². The molecule has 0 unspecified atom stereocenters. The van der Waals surface area contributed by atoms with Crippen LogP contribution in [0, 0.1) is 0 Å². The Morgan fingerprint density at radius 3 is 2.25 bits per heavy atom. The molecule has 26 valence electrons. The first kappa shape index (κ1) is 1.38. The Morgan fingerprint density at radius 2 is 2.00 bits per heavy atom. The van der Waals surface area contributed by atoms with Crippen molar-refractivity contribution < 1.29 is 10.2 Å². The zero-order valence-electron chi connectivity index (χ0n) is 4.23. The molecule has 0 aromatic rings. The van der Waals surface area contributed by atoms with E-state index < -0.39 is 0 Å². The van der Waals surface area contributed by atoms with Crippen LogP contribution in [0.15, 0.2) is 0 Å². The van der Waals surface area contributed by atoms with Gasteiger partial charge in [-0.15, -0.1) is 0 Å². The van der Waals surface area contributed by atoms with E-state index in [4.69, 9.17) is 2.86 Å². The van der Waals surface area contributed by atoms with Gasteiger partial charge in [0.15, 0.2) is 0 Å². The summed E-state index contributed by atoms with van der Waals surface area (Å²) in [5, 5.41) is 7.57. The topological polar surface area (TPSA) is 40.5 Å². The maximum Gasteiger partial charge on any atom is 0.210 e. The van der Waals surface area contributed by atoms with Crippen molar-refractivity contribution in [2.45, 2.75) is 0 Å². The van der Waals surface area contributed by atoms with E-state index in [1.54, 1.807) is 0 Å². The fourth-order valence-corrected chi connectivity index (χ4v) is 0. The number of hydrogen-bond acceptors (Lipinski definition) is 2. The fourth-order valence-electron chi connectivity index (χ4n) is 0. The van der Waals surface area contributed by atoms with Crippen molar-refractivity contribution in [3.63, 3.8) is 0 Å². The van der Waals surface area contributed by atoms with Gasteiger partial charge in [0.1, 0.15) is 0 Å². The van der Waals surface area contributed by atoms with Gasteiger partial charge in [-0.25, -0.2) is 0 Å². The number of aliphatic hydroxyl groups excluding tert-OH is 2. The van der Waals surface area contributed by atoms with E-state index in [0.717, 1.165) is 0 Å². The predicted molar refractivity (Wildman–Crippen MR) is 14.2 cm³/mol. The molecule has 0 aliphatic carbocycles. The summed E-state index contributed by atoms with van der Waals surface area (Å²) in [6, 6.07) is 0. The number of hydrogen-bond donors (Lipinski definition) is 2. The minimum atomic E-state index is 0.170. The van der Waals surface area contributed by atoms with Crippen LogP contribution in [0.3, 0.4) is 0 Å². The summed E-state index contributed by atoms with van der Waals surface area (Å²) >= 11 is 0. The van der Waals surface area contributed by atoms with Gasteiger partial charge < -0.3 is 10.2 Å². The van der Waals surface area contributed by atoms with Crippen molar-refractivity contribution in [3.8, 4) is 0 Å². The van der Waals surface area contributed by atoms with Crippen molar-refractivity contribution in [1.29, 1.82) is 2.86 Å². The second-order valence-corrected chi connectivity index (χ2v) is 0.408. The number of rotatable bonds is 3. The Morgan fingerprint density at radius 1 is 1.50 bits per heavy atom. The molecule has 0 bridgehead atoms. The molecule has 0 atom stereocenters. The molecule has 0 aliphatic heterocycles. The molecular weight excluding hydrogens is 56.0 g/mol. The standard InChI is InChI=1S/C2H6O2/c3-1-2-4/h3-4H,1-2H2/i3T,4T. The van der Waals surface area contributed by atoms with Crippen LogP contribution < -0.4 is 0 Å². The highest BCUT2D eigenvalue weighted by molar-refractivity contribution is 4.06. The molecule has 0 saturated heterocycles. The predicted octanol–water partition coefficient (Wildman–Crippen LogP) is -1.03. The molecule has 0 heterocycles. The first-order valence-electron chi connectivity index (χ1n) is 1.89. The number of aliphatic hydroxyl groups is 2. The summed E-state index contributed by atoms with van der Waals surface area (Å²) < 4.78 is 12.1. The molecule has 2 N–H and O–H groups in total. The van der Waals surface area contributed by atoms with Crippen LogP contribution in [0.5, 0.6) is 0 Å². The lowest BCUT2D eigenvalue weighted by Crippen LogP contribution is -1.85. The molecule has 0 rings (SSSR count). The van der Waals surface area contributed by atoms with Crippen molar-refractivity contribution in [2.24, 2.45) is 0 Å². The highest BCUT2D eigenvalue weighted by Crippen LogP contribution is 1.39. The summed E-state index contributed by atoms with van der Waals surface area (Å²) in [5.74, 6) is 0. The second kappa shape index (κ2) is 2.92. The summed E-state index contributed by atoms with van der Waals surface area (Å²) in [6.07, 6.45) is 0. The lowest BCUT2D eigenvalue weighted by atomic mass is 10.8. The van der Waals surface area contributed by atoms with Gasteiger partial charge in [0.25, 0.3) is 0 Å². The molecule has 0 aromatic heterocycles. The molecule has 4 heavy (non-hydrogen) atoms. The van der Waals surface area contributed by atoms with Crippen molar-refractivity contribution >= 4 is 0 Å². The Hall–Kier alpha value is -0.0800. The Bertz CT molecular complexity index is 21.5. The highest BCUT2D eigenvalue weighted by Gasteiger charge is 1.58. The normalized spacial score (nSPS) is 14.0. The van der Waals surface area contributed by atoms with E-state index in [2.05, 4.69) is 10.2 Å². The Labute approximate surface area is 27.7 Å². The summed E-state index contributed by atoms with van der Waals surface area (Å²) in [6.45, 7) is 0.340. The van der Waals surface area contributed by atoms with Crippen molar-refractivity contribution in [1.82, 2.24) is 0 Å². The van der Waals surface area contributed by atoms with Crippen LogP contribution in [0.2, 0.25) is 0 Å². The van der Waals surface area contributed by atoms with Gasteiger partial charge in [-0.3, -0.25) is 0 Å². The minimum Gasteiger partial charge on any atom is -0.394 e. The lowest BCUT2D eigenvalue weighted by Gasteiger charge is -1.70. The molecule has 0 aliphatic rings. The smallest absolute Gasteiger partial charge is 0.210 e. The molecule has 2 nitrogen and oxygen atoms in total. The fraction of sp³-hybridized carbons (Fsp3) is 1.00. The minimum absolute atomic E-state index is 0.170. The van der Waals surface area contributed by atoms with Crippen LogP contribution >= 0.6 is 0 Å². The third-order valence-electron chi connectivity index (χ3n) is 0.0833. The molecule has 0 radical (unpaired) electrons. The first-order valence-corrected chi connectivity index (χ1v) is 1.08. The summed E-state index contributed by atoms with van der Waals surface area (Å²) in [4.78, 5) is 0. The van der Waals surface area contributed by atoms with E-state index in [0.29, 0.717) is 0 Å². The molecule has 0 fully saturated rings. The molecular formula is C2H6O2. The second-order valence-electron chi connectivity index (χ2n) is 0.408. The molecule has 0 saturated carbocycles. The van der Waals surface area contributed by atoms with Crippen LogP contribution in [0.1, 0.15) is 0 Å².